The second kappa shape index (κ2) is 6.66. The van der Waals surface area contributed by atoms with Crippen LogP contribution in [0.2, 0.25) is 10.0 Å². The fourth-order valence-corrected chi connectivity index (χ4v) is 3.34. The number of aromatic nitrogens is 1. The third-order valence-corrected chi connectivity index (χ3v) is 4.62. The van der Waals surface area contributed by atoms with E-state index in [2.05, 4.69) is 9.98 Å². The van der Waals surface area contributed by atoms with E-state index in [9.17, 15) is 18.3 Å². The van der Waals surface area contributed by atoms with E-state index < -0.39 is 18.0 Å². The minimum Gasteiger partial charge on any atom is -0.369 e. The lowest BCUT2D eigenvalue weighted by atomic mass is 10.2. The van der Waals surface area contributed by atoms with Gasteiger partial charge in [0.05, 0.1) is 10.0 Å². The van der Waals surface area contributed by atoms with Gasteiger partial charge in [0, 0.05) is 37.0 Å². The summed E-state index contributed by atoms with van der Waals surface area (Å²) in [6.45, 7) is 0. The van der Waals surface area contributed by atoms with E-state index in [1.165, 1.54) is 19.4 Å². The van der Waals surface area contributed by atoms with Gasteiger partial charge in [0.15, 0.2) is 11.4 Å². The van der Waals surface area contributed by atoms with Crippen LogP contribution in [0.1, 0.15) is 5.56 Å². The van der Waals surface area contributed by atoms with Gasteiger partial charge >= 0.3 is 6.18 Å². The molecule has 10 heteroatoms. The number of alkyl halides is 3. The predicted molar refractivity (Wildman–Crippen MR) is 80.9 cm³/mol. The molecule has 1 unspecified atom stereocenters. The molecule has 1 N–H and O–H groups in total. The van der Waals surface area contributed by atoms with Crippen molar-refractivity contribution in [1.82, 2.24) is 9.88 Å². The number of aliphatic hydroxyl groups excluding tert-OH is 1. The number of aliphatic imine (C=N–C) groups is 1. The Labute approximate surface area is 138 Å². The molecular formula is C12H10Cl2F3N3OS. The van der Waals surface area contributed by atoms with Crippen LogP contribution in [-0.2, 0) is 5.75 Å². The zero-order chi connectivity index (χ0) is 16.5. The lowest BCUT2D eigenvalue weighted by Crippen LogP contribution is -2.42. The number of thioether (sulfide) groups is 1. The molecule has 1 aliphatic rings. The summed E-state index contributed by atoms with van der Waals surface area (Å²) >= 11 is 13.1. The topological polar surface area (TPSA) is 48.7 Å². The normalized spacial score (nSPS) is 19.0. The van der Waals surface area contributed by atoms with Gasteiger partial charge in [-0.25, -0.2) is 4.99 Å². The molecule has 0 radical (unpaired) electrons. The van der Waals surface area contributed by atoms with Gasteiger partial charge in [-0.15, -0.1) is 0 Å². The van der Waals surface area contributed by atoms with Crippen molar-refractivity contribution < 1.29 is 18.3 Å². The molecule has 22 heavy (non-hydrogen) atoms. The fraction of sp³-hybridized carbons (Fsp3) is 0.333. The first-order valence-corrected chi connectivity index (χ1v) is 7.62. The number of hydrogen-bond donors (Lipinski definition) is 1. The van der Waals surface area contributed by atoms with Crippen molar-refractivity contribution in [1.29, 1.82) is 0 Å². The Hall–Kier alpha value is -0.960. The van der Waals surface area contributed by atoms with Gasteiger partial charge in [0.2, 0.25) is 0 Å². The first kappa shape index (κ1) is 17.4. The Balaban J connectivity index is 2.17. The molecule has 1 aromatic heterocycles. The zero-order valence-electron chi connectivity index (χ0n) is 11.1. The van der Waals surface area contributed by atoms with Crippen LogP contribution in [0.3, 0.4) is 0 Å². The van der Waals surface area contributed by atoms with Gasteiger partial charge in [0.25, 0.3) is 0 Å². The third kappa shape index (κ3) is 3.68. The second-order valence-electron chi connectivity index (χ2n) is 4.35. The Morgan fingerprint density at radius 2 is 1.91 bits per heavy atom. The molecule has 120 valence electrons. The number of hydrogen-bond acceptors (Lipinski definition) is 5. The molecule has 1 aromatic rings. The highest BCUT2D eigenvalue weighted by atomic mass is 35.5. The molecule has 0 bridgehead atoms. The van der Waals surface area contributed by atoms with Crippen LogP contribution in [0, 0.1) is 0 Å². The Kier molecular flexibility index (Phi) is 5.26. The van der Waals surface area contributed by atoms with Gasteiger partial charge in [-0.05, 0) is 0 Å². The van der Waals surface area contributed by atoms with E-state index in [-0.39, 0.29) is 10.9 Å². The molecule has 4 nitrogen and oxygen atoms in total. The summed E-state index contributed by atoms with van der Waals surface area (Å²) in [5, 5.41) is 10.7. The molecule has 2 rings (SSSR count). The highest BCUT2D eigenvalue weighted by Crippen LogP contribution is 2.34. The van der Waals surface area contributed by atoms with Gasteiger partial charge in [0.1, 0.15) is 5.57 Å². The molecule has 2 heterocycles. The summed E-state index contributed by atoms with van der Waals surface area (Å²) in [5.41, 5.74) is -0.515. The molecule has 0 saturated heterocycles. The van der Waals surface area contributed by atoms with Crippen molar-refractivity contribution in [3.8, 4) is 0 Å². The largest absolute Gasteiger partial charge is 0.418 e. The molecule has 1 atom stereocenters. The van der Waals surface area contributed by atoms with Crippen LogP contribution in [0.15, 0.2) is 29.2 Å². The maximum atomic E-state index is 12.7. The summed E-state index contributed by atoms with van der Waals surface area (Å²) in [6.07, 6.45) is -2.96. The monoisotopic (exact) mass is 371 g/mol. The van der Waals surface area contributed by atoms with Crippen molar-refractivity contribution in [2.45, 2.75) is 18.2 Å². The third-order valence-electron chi connectivity index (χ3n) is 2.89. The molecule has 0 amide bonds. The first-order chi connectivity index (χ1) is 10.2. The van der Waals surface area contributed by atoms with Crippen LogP contribution in [0.4, 0.5) is 13.2 Å². The van der Waals surface area contributed by atoms with Crippen LogP contribution in [0.25, 0.3) is 0 Å². The number of pyridine rings is 1. The molecule has 0 aliphatic carbocycles. The van der Waals surface area contributed by atoms with E-state index in [4.69, 9.17) is 23.2 Å². The van der Waals surface area contributed by atoms with Crippen molar-refractivity contribution >= 4 is 40.1 Å². The molecule has 0 aromatic carbocycles. The van der Waals surface area contributed by atoms with Crippen molar-refractivity contribution in [3.63, 3.8) is 0 Å². The number of likely N-dealkylation sites (N-methyl/N-ethyl adjacent to an activating group) is 1. The maximum absolute atomic E-state index is 12.7. The van der Waals surface area contributed by atoms with Crippen LogP contribution >= 0.6 is 35.0 Å². The standard InChI is InChI=1S/C12H10Cl2F3N3OS/c1-20-10(21)7(12(15,16)17)2-19-11(20)22-5-6-8(13)3-18-4-9(6)14/h2-4,10,21H,5H2,1H3. The fourth-order valence-electron chi connectivity index (χ4n) is 1.67. The number of nitrogens with zero attached hydrogens (tertiary/aromatic N) is 3. The summed E-state index contributed by atoms with van der Waals surface area (Å²) in [7, 11) is 1.32. The molecule has 0 saturated carbocycles. The average Bonchev–Trinajstić information content (AvgIpc) is 2.41. The predicted octanol–water partition coefficient (Wildman–Crippen LogP) is 3.69. The SMILES string of the molecule is CN1C(SCc2c(Cl)cncc2Cl)=NC=C(C(F)(F)F)C1O. The van der Waals surface area contributed by atoms with E-state index in [0.717, 1.165) is 16.7 Å². The number of rotatable bonds is 2. The lowest BCUT2D eigenvalue weighted by Gasteiger charge is -2.31. The minimum atomic E-state index is -4.63. The molecule has 0 fully saturated rings. The highest BCUT2D eigenvalue weighted by molar-refractivity contribution is 8.13. The summed E-state index contributed by atoms with van der Waals surface area (Å²) in [4.78, 5) is 8.60. The highest BCUT2D eigenvalue weighted by Gasteiger charge is 2.42. The summed E-state index contributed by atoms with van der Waals surface area (Å²) in [6, 6.07) is 0. The first-order valence-electron chi connectivity index (χ1n) is 5.88. The van der Waals surface area contributed by atoms with E-state index >= 15 is 0 Å². The Morgan fingerprint density at radius 1 is 1.32 bits per heavy atom. The summed E-state index contributed by atoms with van der Waals surface area (Å²) < 4.78 is 38.0. The quantitative estimate of drug-likeness (QED) is 0.861. The lowest BCUT2D eigenvalue weighted by molar-refractivity contribution is -0.114. The number of amidine groups is 1. The van der Waals surface area contributed by atoms with Crippen LogP contribution in [-0.4, -0.2) is 39.6 Å². The number of aliphatic hydroxyl groups is 1. The van der Waals surface area contributed by atoms with E-state index in [0.29, 0.717) is 21.8 Å². The second-order valence-corrected chi connectivity index (χ2v) is 6.11. The Morgan fingerprint density at radius 3 is 2.45 bits per heavy atom. The van der Waals surface area contributed by atoms with Gasteiger partial charge in [-0.3, -0.25) is 4.98 Å². The van der Waals surface area contributed by atoms with E-state index in [1.807, 2.05) is 0 Å². The molecule has 1 aliphatic heterocycles. The zero-order valence-corrected chi connectivity index (χ0v) is 13.4. The Bertz CT molecular complexity index is 616. The van der Waals surface area contributed by atoms with Crippen molar-refractivity contribution in [2.24, 2.45) is 4.99 Å². The summed E-state index contributed by atoms with van der Waals surface area (Å²) in [5.74, 6) is 0.283. The smallest absolute Gasteiger partial charge is 0.369 e. The van der Waals surface area contributed by atoms with Crippen LogP contribution in [0.5, 0.6) is 0 Å². The van der Waals surface area contributed by atoms with Gasteiger partial charge in [-0.1, -0.05) is 35.0 Å². The average molecular weight is 372 g/mol. The van der Waals surface area contributed by atoms with E-state index in [1.54, 1.807) is 0 Å². The van der Waals surface area contributed by atoms with Gasteiger partial charge < -0.3 is 10.0 Å². The maximum Gasteiger partial charge on any atom is 0.418 e. The number of halogens is 5. The molecular weight excluding hydrogens is 362 g/mol. The minimum absolute atomic E-state index is 0.226. The molecule has 0 spiro atoms. The van der Waals surface area contributed by atoms with Crippen molar-refractivity contribution in [2.75, 3.05) is 7.05 Å². The van der Waals surface area contributed by atoms with Crippen molar-refractivity contribution in [3.05, 3.63) is 39.8 Å². The van der Waals surface area contributed by atoms with Gasteiger partial charge in [-0.2, -0.15) is 13.2 Å². The van der Waals surface area contributed by atoms with Crippen LogP contribution < -0.4 is 0 Å².